The summed E-state index contributed by atoms with van der Waals surface area (Å²) in [4.78, 5) is 13.8. The second-order valence-corrected chi connectivity index (χ2v) is 5.24. The maximum absolute atomic E-state index is 11.9. The van der Waals surface area contributed by atoms with Crippen molar-refractivity contribution >= 4 is 11.5 Å². The number of methoxy groups -OCH3 is 1. The van der Waals surface area contributed by atoms with Crippen LogP contribution in [0, 0.1) is 0 Å². The van der Waals surface area contributed by atoms with Crippen molar-refractivity contribution in [1.82, 2.24) is 0 Å². The first kappa shape index (κ1) is 15.5. The zero-order valence-electron chi connectivity index (χ0n) is 12.4. The molecular formula is C15H23NO3. The zero-order valence-corrected chi connectivity index (χ0v) is 12.4. The first-order valence-corrected chi connectivity index (χ1v) is 6.45. The number of ketones is 1. The minimum Gasteiger partial charge on any atom is -0.496 e. The van der Waals surface area contributed by atoms with Crippen LogP contribution in [0.25, 0.3) is 0 Å². The number of anilines is 1. The summed E-state index contributed by atoms with van der Waals surface area (Å²) in [5, 5.41) is 9.98. The molecular weight excluding hydrogens is 242 g/mol. The van der Waals surface area contributed by atoms with Gasteiger partial charge in [0.1, 0.15) is 5.75 Å². The van der Waals surface area contributed by atoms with Gasteiger partial charge in [0.25, 0.3) is 0 Å². The molecule has 0 spiro atoms. The van der Waals surface area contributed by atoms with Gasteiger partial charge < -0.3 is 14.7 Å². The molecule has 0 radical (unpaired) electrons. The fraction of sp³-hybridized carbons (Fsp3) is 0.533. The zero-order chi connectivity index (χ0) is 14.6. The second-order valence-electron chi connectivity index (χ2n) is 5.24. The summed E-state index contributed by atoms with van der Waals surface area (Å²) in [6.07, 6.45) is 0. The van der Waals surface area contributed by atoms with E-state index in [1.807, 2.05) is 24.0 Å². The Hall–Kier alpha value is -1.55. The van der Waals surface area contributed by atoms with Gasteiger partial charge in [0, 0.05) is 13.1 Å². The van der Waals surface area contributed by atoms with Gasteiger partial charge >= 0.3 is 0 Å². The predicted octanol–water partition coefficient (Wildman–Crippen LogP) is 2.50. The number of benzene rings is 1. The van der Waals surface area contributed by atoms with Crippen molar-refractivity contribution in [1.29, 1.82) is 0 Å². The number of ether oxygens (including phenoxy) is 1. The number of carbonyl (C=O) groups excluding carboxylic acids is 1. The molecule has 0 bridgehead atoms. The molecule has 0 unspecified atom stereocenters. The molecule has 4 heteroatoms. The van der Waals surface area contributed by atoms with E-state index in [9.17, 15) is 9.90 Å². The lowest BCUT2D eigenvalue weighted by molar-refractivity contribution is 0.0872. The van der Waals surface area contributed by atoms with Gasteiger partial charge in [-0.15, -0.1) is 0 Å². The highest BCUT2D eigenvalue weighted by molar-refractivity contribution is 6.02. The van der Waals surface area contributed by atoms with E-state index in [0.29, 0.717) is 24.4 Å². The van der Waals surface area contributed by atoms with E-state index >= 15 is 0 Å². The van der Waals surface area contributed by atoms with E-state index < -0.39 is 5.60 Å². The molecule has 0 atom stereocenters. The molecule has 1 aromatic carbocycles. The van der Waals surface area contributed by atoms with Crippen LogP contribution in [-0.4, -0.2) is 36.7 Å². The molecule has 0 saturated carbocycles. The van der Waals surface area contributed by atoms with Crippen LogP contribution >= 0.6 is 0 Å². The maximum Gasteiger partial charge on any atom is 0.165 e. The number of hydrogen-bond donors (Lipinski definition) is 1. The van der Waals surface area contributed by atoms with Gasteiger partial charge in [-0.1, -0.05) is 6.07 Å². The smallest absolute Gasteiger partial charge is 0.165 e. The number of Topliss-reactive ketones (excluding diaryl/α,β-unsaturated/α-hetero) is 1. The van der Waals surface area contributed by atoms with E-state index in [0.717, 1.165) is 5.69 Å². The summed E-state index contributed by atoms with van der Waals surface area (Å²) in [6.45, 7) is 8.19. The van der Waals surface area contributed by atoms with Gasteiger partial charge in [-0.3, -0.25) is 4.79 Å². The van der Waals surface area contributed by atoms with Crippen LogP contribution in [0.3, 0.4) is 0 Å². The Morgan fingerprint density at radius 2 is 2.05 bits per heavy atom. The number of rotatable bonds is 6. The van der Waals surface area contributed by atoms with Gasteiger partial charge in [0.15, 0.2) is 5.78 Å². The van der Waals surface area contributed by atoms with Crippen molar-refractivity contribution in [3.63, 3.8) is 0 Å². The Morgan fingerprint density at radius 1 is 1.42 bits per heavy atom. The average Bonchev–Trinajstić information content (AvgIpc) is 2.33. The maximum atomic E-state index is 11.9. The molecule has 0 heterocycles. The van der Waals surface area contributed by atoms with Crippen LogP contribution in [-0.2, 0) is 0 Å². The molecule has 0 amide bonds. The third kappa shape index (κ3) is 3.96. The van der Waals surface area contributed by atoms with Crippen LogP contribution < -0.4 is 9.64 Å². The molecule has 0 aromatic heterocycles. The Labute approximate surface area is 115 Å². The van der Waals surface area contributed by atoms with Crippen LogP contribution in [0.2, 0.25) is 0 Å². The van der Waals surface area contributed by atoms with E-state index in [2.05, 4.69) is 0 Å². The predicted molar refractivity (Wildman–Crippen MR) is 77.2 cm³/mol. The van der Waals surface area contributed by atoms with E-state index in [4.69, 9.17) is 4.74 Å². The Morgan fingerprint density at radius 3 is 2.47 bits per heavy atom. The van der Waals surface area contributed by atoms with Gasteiger partial charge in [0.05, 0.1) is 24.0 Å². The van der Waals surface area contributed by atoms with Crippen molar-refractivity contribution in [2.45, 2.75) is 33.3 Å². The largest absolute Gasteiger partial charge is 0.496 e. The molecule has 0 aliphatic carbocycles. The van der Waals surface area contributed by atoms with Gasteiger partial charge in [-0.2, -0.15) is 0 Å². The summed E-state index contributed by atoms with van der Waals surface area (Å²) < 4.78 is 5.26. The van der Waals surface area contributed by atoms with E-state index in [1.54, 1.807) is 27.0 Å². The highest BCUT2D eigenvalue weighted by Gasteiger charge is 2.22. The second kappa shape index (κ2) is 6.06. The van der Waals surface area contributed by atoms with E-state index in [1.165, 1.54) is 6.92 Å². The number of aliphatic hydroxyl groups is 1. The van der Waals surface area contributed by atoms with E-state index in [-0.39, 0.29) is 5.78 Å². The molecule has 0 aliphatic rings. The third-order valence-corrected chi connectivity index (χ3v) is 2.88. The van der Waals surface area contributed by atoms with Crippen molar-refractivity contribution in [2.75, 3.05) is 25.1 Å². The fourth-order valence-electron chi connectivity index (χ4n) is 2.14. The highest BCUT2D eigenvalue weighted by Crippen LogP contribution is 2.30. The Balaban J connectivity index is 3.27. The minimum atomic E-state index is -0.826. The molecule has 1 rings (SSSR count). The summed E-state index contributed by atoms with van der Waals surface area (Å²) in [5.74, 6) is 0.529. The topological polar surface area (TPSA) is 49.8 Å². The first-order chi connectivity index (χ1) is 8.80. The third-order valence-electron chi connectivity index (χ3n) is 2.88. The molecule has 4 nitrogen and oxygen atoms in total. The molecule has 19 heavy (non-hydrogen) atoms. The minimum absolute atomic E-state index is 0.0401. The first-order valence-electron chi connectivity index (χ1n) is 6.45. The van der Waals surface area contributed by atoms with Gasteiger partial charge in [-0.05, 0) is 39.8 Å². The number of hydrogen-bond acceptors (Lipinski definition) is 4. The molecule has 0 fully saturated rings. The highest BCUT2D eigenvalue weighted by atomic mass is 16.5. The molecule has 106 valence electrons. The SMILES string of the molecule is CCN(CC(C)(C)O)c1cccc(OC)c1C(C)=O. The summed E-state index contributed by atoms with van der Waals surface area (Å²) in [5.41, 5.74) is 0.542. The van der Waals surface area contributed by atoms with Crippen LogP contribution in [0.15, 0.2) is 18.2 Å². The standard InChI is InChI=1S/C15H23NO3/c1-6-16(10-15(3,4)18)12-8-7-9-13(19-5)14(12)11(2)17/h7-9,18H,6,10H2,1-5H3. The summed E-state index contributed by atoms with van der Waals surface area (Å²) in [7, 11) is 1.55. The van der Waals surface area contributed by atoms with Gasteiger partial charge in [-0.25, -0.2) is 0 Å². The number of likely N-dealkylation sites (N-methyl/N-ethyl adjacent to an activating group) is 1. The lowest BCUT2D eigenvalue weighted by Gasteiger charge is -2.31. The summed E-state index contributed by atoms with van der Waals surface area (Å²) in [6, 6.07) is 5.51. The molecule has 0 aliphatic heterocycles. The Bertz CT molecular complexity index is 449. The van der Waals surface area contributed by atoms with Crippen molar-refractivity contribution < 1.29 is 14.6 Å². The normalized spacial score (nSPS) is 11.3. The molecule has 0 saturated heterocycles. The monoisotopic (exact) mass is 265 g/mol. The van der Waals surface area contributed by atoms with Crippen LogP contribution in [0.1, 0.15) is 38.1 Å². The average molecular weight is 265 g/mol. The molecule has 1 N–H and O–H groups in total. The van der Waals surface area contributed by atoms with Crippen LogP contribution in [0.5, 0.6) is 5.75 Å². The lowest BCUT2D eigenvalue weighted by Crippen LogP contribution is -2.39. The Kier molecular flexibility index (Phi) is 4.95. The quantitative estimate of drug-likeness (QED) is 0.803. The number of carbonyl (C=O) groups is 1. The van der Waals surface area contributed by atoms with Crippen LogP contribution in [0.4, 0.5) is 5.69 Å². The van der Waals surface area contributed by atoms with Crippen molar-refractivity contribution in [3.05, 3.63) is 23.8 Å². The molecule has 1 aromatic rings. The van der Waals surface area contributed by atoms with Crippen molar-refractivity contribution in [3.8, 4) is 5.75 Å². The fourth-order valence-corrected chi connectivity index (χ4v) is 2.14. The van der Waals surface area contributed by atoms with Gasteiger partial charge in [0.2, 0.25) is 0 Å². The summed E-state index contributed by atoms with van der Waals surface area (Å²) >= 11 is 0. The number of nitrogens with zero attached hydrogens (tertiary/aromatic N) is 1. The van der Waals surface area contributed by atoms with Crippen molar-refractivity contribution in [2.24, 2.45) is 0 Å². The lowest BCUT2D eigenvalue weighted by atomic mass is 10.0.